The normalized spacial score (nSPS) is 24.9. The predicted octanol–water partition coefficient (Wildman–Crippen LogP) is 2.60. The number of hydrogen-bond acceptors (Lipinski definition) is 3. The van der Waals surface area contributed by atoms with Crippen molar-refractivity contribution in [3.63, 3.8) is 0 Å². The number of nitrogens with one attached hydrogen (secondary N) is 2. The van der Waals surface area contributed by atoms with Crippen LogP contribution >= 0.6 is 23.2 Å². The van der Waals surface area contributed by atoms with Crippen LogP contribution in [-0.4, -0.2) is 34.5 Å². The van der Waals surface area contributed by atoms with E-state index >= 15 is 0 Å². The van der Waals surface area contributed by atoms with Crippen LogP contribution in [-0.2, 0) is 9.53 Å². The summed E-state index contributed by atoms with van der Waals surface area (Å²) in [5, 5.41) is 5.64. The van der Waals surface area contributed by atoms with E-state index in [1.165, 1.54) is 0 Å². The minimum atomic E-state index is -0.920. The van der Waals surface area contributed by atoms with Crippen LogP contribution in [0, 0.1) is 11.8 Å². The summed E-state index contributed by atoms with van der Waals surface area (Å²) in [6, 6.07) is -0.0882. The maximum Gasteiger partial charge on any atom is 0.407 e. The van der Waals surface area contributed by atoms with Gasteiger partial charge in [-0.15, -0.1) is 23.2 Å². The highest BCUT2D eigenvalue weighted by molar-refractivity contribution is 6.52. The van der Waals surface area contributed by atoms with Crippen molar-refractivity contribution < 1.29 is 14.3 Å². The van der Waals surface area contributed by atoms with Crippen molar-refractivity contribution in [2.45, 2.75) is 56.0 Å². The first-order valence-corrected chi connectivity index (χ1v) is 7.99. The van der Waals surface area contributed by atoms with Crippen molar-refractivity contribution in [2.75, 3.05) is 6.54 Å². The van der Waals surface area contributed by atoms with Crippen LogP contribution in [0.2, 0.25) is 0 Å². The first-order chi connectivity index (χ1) is 9.58. The summed E-state index contributed by atoms with van der Waals surface area (Å²) in [5.41, 5.74) is -0.534. The zero-order valence-corrected chi connectivity index (χ0v) is 14.1. The Balaban J connectivity index is 1.78. The Morgan fingerprint density at radius 2 is 1.90 bits per heavy atom. The molecule has 2 aliphatic rings. The summed E-state index contributed by atoms with van der Waals surface area (Å²) in [6.45, 7) is 5.77. The molecule has 2 amide bonds. The number of amides is 2. The molecule has 0 aromatic rings. The highest BCUT2D eigenvalue weighted by Crippen LogP contribution is 2.53. The zero-order chi connectivity index (χ0) is 15.8. The zero-order valence-electron chi connectivity index (χ0n) is 12.5. The number of rotatable bonds is 5. The highest BCUT2D eigenvalue weighted by atomic mass is 35.5. The van der Waals surface area contributed by atoms with E-state index in [9.17, 15) is 9.59 Å². The molecule has 2 N–H and O–H groups in total. The van der Waals surface area contributed by atoms with Crippen LogP contribution in [0.25, 0.3) is 0 Å². The van der Waals surface area contributed by atoms with E-state index in [-0.39, 0.29) is 17.9 Å². The lowest BCUT2D eigenvalue weighted by Gasteiger charge is -2.22. The molecule has 0 aliphatic heterocycles. The summed E-state index contributed by atoms with van der Waals surface area (Å²) < 4.78 is 4.26. The van der Waals surface area contributed by atoms with Crippen molar-refractivity contribution in [3.05, 3.63) is 0 Å². The minimum absolute atomic E-state index is 0.0882. The maximum atomic E-state index is 12.0. The van der Waals surface area contributed by atoms with Crippen molar-refractivity contribution in [1.82, 2.24) is 10.6 Å². The van der Waals surface area contributed by atoms with Crippen LogP contribution < -0.4 is 10.6 Å². The standard InChI is InChI=1S/C14H22Cl2N2O3/c1-13(2,3)21-12(20)17-7-10(8-4-5-8)18-11(19)9-6-14(9,15)16/h8-10H,4-7H2,1-3H3,(H,17,20)(H,18,19)/t9-,10-/m1/s1. The molecule has 2 saturated carbocycles. The molecule has 120 valence electrons. The largest absolute Gasteiger partial charge is 0.444 e. The monoisotopic (exact) mass is 336 g/mol. The van der Waals surface area contributed by atoms with Gasteiger partial charge in [0.05, 0.1) is 5.92 Å². The van der Waals surface area contributed by atoms with Crippen molar-refractivity contribution >= 4 is 35.2 Å². The van der Waals surface area contributed by atoms with Gasteiger partial charge in [0.2, 0.25) is 5.91 Å². The van der Waals surface area contributed by atoms with Crippen LogP contribution in [0.5, 0.6) is 0 Å². The Kier molecular flexibility index (Phi) is 4.64. The third-order valence-corrected chi connectivity index (χ3v) is 4.36. The first kappa shape index (κ1) is 16.7. The van der Waals surface area contributed by atoms with Gasteiger partial charge in [0.25, 0.3) is 0 Å². The van der Waals surface area contributed by atoms with Crippen LogP contribution in [0.1, 0.15) is 40.0 Å². The van der Waals surface area contributed by atoms with E-state index < -0.39 is 16.0 Å². The van der Waals surface area contributed by atoms with E-state index in [1.807, 2.05) is 0 Å². The molecule has 0 aromatic carbocycles. The second kappa shape index (κ2) is 5.84. The quantitative estimate of drug-likeness (QED) is 0.758. The third-order valence-electron chi connectivity index (χ3n) is 3.53. The number of ether oxygens (including phenoxy) is 1. The van der Waals surface area contributed by atoms with Crippen LogP contribution in [0.15, 0.2) is 0 Å². The average molecular weight is 337 g/mol. The molecular formula is C14H22Cl2N2O3. The summed E-state index contributed by atoms with van der Waals surface area (Å²) in [6.07, 6.45) is 2.12. The van der Waals surface area contributed by atoms with E-state index in [1.54, 1.807) is 20.8 Å². The van der Waals surface area contributed by atoms with Gasteiger partial charge in [0.1, 0.15) is 9.93 Å². The Morgan fingerprint density at radius 3 is 2.33 bits per heavy atom. The molecule has 2 fully saturated rings. The fourth-order valence-electron chi connectivity index (χ4n) is 2.12. The van der Waals surface area contributed by atoms with E-state index in [2.05, 4.69) is 10.6 Å². The third kappa shape index (κ3) is 5.22. The van der Waals surface area contributed by atoms with Gasteiger partial charge in [-0.3, -0.25) is 4.79 Å². The molecular weight excluding hydrogens is 315 g/mol. The summed E-state index contributed by atoms with van der Waals surface area (Å²) in [7, 11) is 0. The summed E-state index contributed by atoms with van der Waals surface area (Å²) in [4.78, 5) is 23.7. The van der Waals surface area contributed by atoms with E-state index in [0.29, 0.717) is 18.9 Å². The average Bonchev–Trinajstić information content (AvgIpc) is 3.18. The maximum absolute atomic E-state index is 12.0. The molecule has 2 aliphatic carbocycles. The highest BCUT2D eigenvalue weighted by Gasteiger charge is 2.56. The molecule has 0 heterocycles. The lowest BCUT2D eigenvalue weighted by atomic mass is 10.1. The van der Waals surface area contributed by atoms with Gasteiger partial charge in [0.15, 0.2) is 0 Å². The van der Waals surface area contributed by atoms with Gasteiger partial charge in [-0.2, -0.15) is 0 Å². The summed E-state index contributed by atoms with van der Waals surface area (Å²) in [5.74, 6) is -0.0748. The van der Waals surface area contributed by atoms with Gasteiger partial charge >= 0.3 is 6.09 Å². The number of hydrogen-bond donors (Lipinski definition) is 2. The number of alkyl carbamates (subject to hydrolysis) is 1. The number of alkyl halides is 2. The molecule has 7 heteroatoms. The number of carbonyl (C=O) groups is 2. The fraction of sp³-hybridized carbons (Fsp3) is 0.857. The molecule has 0 spiro atoms. The molecule has 0 radical (unpaired) electrons. The molecule has 0 bridgehead atoms. The second-order valence-corrected chi connectivity index (χ2v) is 8.40. The predicted molar refractivity (Wildman–Crippen MR) is 81.4 cm³/mol. The van der Waals surface area contributed by atoms with Gasteiger partial charge in [-0.05, 0) is 46.0 Å². The summed E-state index contributed by atoms with van der Waals surface area (Å²) >= 11 is 11.8. The number of halogens is 2. The lowest BCUT2D eigenvalue weighted by molar-refractivity contribution is -0.123. The molecule has 5 nitrogen and oxygen atoms in total. The van der Waals surface area contributed by atoms with E-state index in [0.717, 1.165) is 12.8 Å². The van der Waals surface area contributed by atoms with Gasteiger partial charge in [0, 0.05) is 12.6 Å². The molecule has 0 saturated heterocycles. The van der Waals surface area contributed by atoms with Crippen LogP contribution in [0.3, 0.4) is 0 Å². The van der Waals surface area contributed by atoms with E-state index in [4.69, 9.17) is 27.9 Å². The first-order valence-electron chi connectivity index (χ1n) is 7.23. The molecule has 21 heavy (non-hydrogen) atoms. The fourth-order valence-corrected chi connectivity index (χ4v) is 2.63. The Morgan fingerprint density at radius 1 is 1.33 bits per heavy atom. The SMILES string of the molecule is CC(C)(C)OC(=O)NC[C@@H](NC(=O)[C@H]1CC1(Cl)Cl)C1CC1. The lowest BCUT2D eigenvalue weighted by Crippen LogP contribution is -2.46. The second-order valence-electron chi connectivity index (χ2n) is 6.85. The Hall–Kier alpha value is -0.680. The van der Waals surface area contributed by atoms with Crippen molar-refractivity contribution in [3.8, 4) is 0 Å². The van der Waals surface area contributed by atoms with Gasteiger partial charge in [-0.1, -0.05) is 0 Å². The smallest absolute Gasteiger partial charge is 0.407 e. The Bertz CT molecular complexity index is 430. The number of carbonyl (C=O) groups excluding carboxylic acids is 2. The van der Waals surface area contributed by atoms with Gasteiger partial charge in [-0.25, -0.2) is 4.79 Å². The van der Waals surface area contributed by atoms with Crippen molar-refractivity contribution in [2.24, 2.45) is 11.8 Å². The van der Waals surface area contributed by atoms with Crippen LogP contribution in [0.4, 0.5) is 4.79 Å². The van der Waals surface area contributed by atoms with Gasteiger partial charge < -0.3 is 15.4 Å². The van der Waals surface area contributed by atoms with Crippen molar-refractivity contribution in [1.29, 1.82) is 0 Å². The minimum Gasteiger partial charge on any atom is -0.444 e. The molecule has 0 aromatic heterocycles. The topological polar surface area (TPSA) is 67.4 Å². The molecule has 0 unspecified atom stereocenters. The molecule has 2 atom stereocenters. The molecule has 2 rings (SSSR count). The Labute approximate surface area is 135 Å².